The van der Waals surface area contributed by atoms with Crippen molar-refractivity contribution in [3.8, 4) is 5.75 Å². The maximum absolute atomic E-state index is 6.10. The molecule has 5 rings (SSSR count). The van der Waals surface area contributed by atoms with E-state index in [2.05, 4.69) is 97.2 Å². The van der Waals surface area contributed by atoms with E-state index in [9.17, 15) is 0 Å². The lowest BCUT2D eigenvalue weighted by atomic mass is 9.78. The molecule has 2 aliphatic rings. The van der Waals surface area contributed by atoms with E-state index in [4.69, 9.17) is 14.0 Å². The Hall–Kier alpha value is -3.70. The summed E-state index contributed by atoms with van der Waals surface area (Å²) in [6.45, 7) is 3.68. The van der Waals surface area contributed by atoms with Gasteiger partial charge in [-0.3, -0.25) is 0 Å². The van der Waals surface area contributed by atoms with Crippen LogP contribution in [-0.4, -0.2) is 27.3 Å². The lowest BCUT2D eigenvalue weighted by molar-refractivity contribution is 0.318. The summed E-state index contributed by atoms with van der Waals surface area (Å²) in [6.07, 6.45) is 6.98. The molecule has 0 radical (unpaired) electrons. The standard InChI is InChI=1S/C31H32BNO3/c1-3-28(23-9-5-4-6-10-23)31(25-15-19-27(20-16-25)34-22-21-33-2)24-13-17-26(18-14-24)32-35-29-11-7-8-12-30(29)36-32/h4-7,9-11,13-20,33H,3,8,12,21-22H2,1-2H3/b31-28-. The summed E-state index contributed by atoms with van der Waals surface area (Å²) in [5.74, 6) is 2.70. The Morgan fingerprint density at radius 1 is 0.889 bits per heavy atom. The van der Waals surface area contributed by atoms with E-state index in [1.165, 1.54) is 27.8 Å². The fourth-order valence-corrected chi connectivity index (χ4v) is 4.72. The SMILES string of the molecule is CC/C(=C(/c1ccc(OCCNC)cc1)c1ccc(B2OC3=C(CCC=C3)O2)cc1)c1ccccc1. The molecule has 0 spiro atoms. The van der Waals surface area contributed by atoms with Crippen molar-refractivity contribution in [1.29, 1.82) is 0 Å². The second-order valence-electron chi connectivity index (χ2n) is 8.97. The summed E-state index contributed by atoms with van der Waals surface area (Å²) in [6, 6.07) is 27.7. The Bertz CT molecular complexity index is 1260. The van der Waals surface area contributed by atoms with Gasteiger partial charge in [0.05, 0.1) is 0 Å². The first-order chi connectivity index (χ1) is 17.8. The van der Waals surface area contributed by atoms with E-state index in [0.717, 1.165) is 48.5 Å². The molecule has 1 heterocycles. The van der Waals surface area contributed by atoms with Crippen molar-refractivity contribution in [2.75, 3.05) is 20.2 Å². The largest absolute Gasteiger partial charge is 0.632 e. The van der Waals surface area contributed by atoms with Crippen molar-refractivity contribution in [1.82, 2.24) is 5.32 Å². The Labute approximate surface area is 214 Å². The molecule has 0 saturated heterocycles. The molecule has 3 aromatic carbocycles. The van der Waals surface area contributed by atoms with Gasteiger partial charge in [-0.1, -0.05) is 79.7 Å². The van der Waals surface area contributed by atoms with Crippen LogP contribution in [0.5, 0.6) is 5.75 Å². The van der Waals surface area contributed by atoms with Crippen LogP contribution in [0.15, 0.2) is 103 Å². The van der Waals surface area contributed by atoms with Crippen molar-refractivity contribution >= 4 is 23.7 Å². The number of benzene rings is 3. The second kappa shape index (κ2) is 11.4. The van der Waals surface area contributed by atoms with E-state index < -0.39 is 0 Å². The molecular weight excluding hydrogens is 445 g/mol. The maximum Gasteiger partial charge on any atom is 0.632 e. The molecule has 0 aromatic heterocycles. The molecule has 3 aromatic rings. The Kier molecular flexibility index (Phi) is 7.58. The van der Waals surface area contributed by atoms with Crippen LogP contribution >= 0.6 is 0 Å². The average Bonchev–Trinajstić information content (AvgIpc) is 3.37. The van der Waals surface area contributed by atoms with E-state index >= 15 is 0 Å². The number of rotatable bonds is 9. The van der Waals surface area contributed by atoms with Crippen LogP contribution in [0.2, 0.25) is 0 Å². The summed E-state index contributed by atoms with van der Waals surface area (Å²) >= 11 is 0. The molecule has 36 heavy (non-hydrogen) atoms. The van der Waals surface area contributed by atoms with Crippen molar-refractivity contribution in [3.63, 3.8) is 0 Å². The Balaban J connectivity index is 1.47. The van der Waals surface area contributed by atoms with Gasteiger partial charge in [-0.2, -0.15) is 0 Å². The molecule has 0 unspecified atom stereocenters. The summed E-state index contributed by atoms with van der Waals surface area (Å²) in [5, 5.41) is 3.11. The summed E-state index contributed by atoms with van der Waals surface area (Å²) < 4.78 is 18.0. The zero-order chi connectivity index (χ0) is 24.7. The van der Waals surface area contributed by atoms with E-state index in [1.54, 1.807) is 0 Å². The van der Waals surface area contributed by atoms with E-state index in [0.29, 0.717) is 6.61 Å². The summed E-state index contributed by atoms with van der Waals surface area (Å²) in [4.78, 5) is 0. The third-order valence-corrected chi connectivity index (χ3v) is 6.58. The van der Waals surface area contributed by atoms with Crippen molar-refractivity contribution in [3.05, 3.63) is 119 Å². The predicted octanol–water partition coefficient (Wildman–Crippen LogP) is 5.96. The summed E-state index contributed by atoms with van der Waals surface area (Å²) in [5.41, 5.74) is 7.12. The zero-order valence-corrected chi connectivity index (χ0v) is 21.0. The molecular formula is C31H32BNO3. The van der Waals surface area contributed by atoms with Crippen LogP contribution in [-0.2, 0) is 9.31 Å². The van der Waals surface area contributed by atoms with Crippen LogP contribution < -0.4 is 15.5 Å². The number of likely N-dealkylation sites (N-methyl/N-ethyl adjacent to an activating group) is 1. The lowest BCUT2D eigenvalue weighted by Crippen LogP contribution is -2.32. The van der Waals surface area contributed by atoms with Crippen LogP contribution in [0.3, 0.4) is 0 Å². The highest BCUT2D eigenvalue weighted by atomic mass is 16.6. The highest BCUT2D eigenvalue weighted by Gasteiger charge is 2.35. The highest BCUT2D eigenvalue weighted by Crippen LogP contribution is 2.35. The fraction of sp³-hybridized carbons (Fsp3) is 0.226. The van der Waals surface area contributed by atoms with Gasteiger partial charge >= 0.3 is 7.12 Å². The number of allylic oxidation sites excluding steroid dienone is 4. The van der Waals surface area contributed by atoms with Gasteiger partial charge in [-0.25, -0.2) is 0 Å². The molecule has 0 bridgehead atoms. The van der Waals surface area contributed by atoms with Gasteiger partial charge in [-0.15, -0.1) is 0 Å². The minimum absolute atomic E-state index is 0.381. The molecule has 5 heteroatoms. The first-order valence-electron chi connectivity index (χ1n) is 12.8. The van der Waals surface area contributed by atoms with Gasteiger partial charge in [-0.05, 0) is 65.9 Å². The molecule has 0 fully saturated rings. The lowest BCUT2D eigenvalue weighted by Gasteiger charge is -2.17. The molecule has 1 aliphatic heterocycles. The molecule has 0 amide bonds. The second-order valence-corrected chi connectivity index (χ2v) is 8.97. The van der Waals surface area contributed by atoms with Crippen LogP contribution in [0.25, 0.3) is 11.1 Å². The van der Waals surface area contributed by atoms with Crippen molar-refractivity contribution in [2.45, 2.75) is 26.2 Å². The van der Waals surface area contributed by atoms with Crippen LogP contribution in [0, 0.1) is 0 Å². The van der Waals surface area contributed by atoms with E-state index in [-0.39, 0.29) is 7.12 Å². The Morgan fingerprint density at radius 3 is 2.28 bits per heavy atom. The number of ether oxygens (including phenoxy) is 1. The molecule has 1 N–H and O–H groups in total. The maximum atomic E-state index is 6.10. The van der Waals surface area contributed by atoms with Gasteiger partial charge < -0.3 is 19.4 Å². The van der Waals surface area contributed by atoms with Gasteiger partial charge in [0.1, 0.15) is 23.9 Å². The third-order valence-electron chi connectivity index (χ3n) is 6.58. The van der Waals surface area contributed by atoms with Gasteiger partial charge in [0.15, 0.2) is 0 Å². The van der Waals surface area contributed by atoms with Gasteiger partial charge in [0, 0.05) is 18.4 Å². The summed E-state index contributed by atoms with van der Waals surface area (Å²) in [7, 11) is 1.55. The zero-order valence-electron chi connectivity index (χ0n) is 21.0. The first-order valence-corrected chi connectivity index (χ1v) is 12.8. The fourth-order valence-electron chi connectivity index (χ4n) is 4.72. The average molecular weight is 477 g/mol. The third kappa shape index (κ3) is 5.27. The monoisotopic (exact) mass is 477 g/mol. The smallest absolute Gasteiger partial charge is 0.522 e. The van der Waals surface area contributed by atoms with Crippen LogP contribution in [0.4, 0.5) is 0 Å². The van der Waals surface area contributed by atoms with Crippen LogP contribution in [0.1, 0.15) is 42.9 Å². The minimum Gasteiger partial charge on any atom is -0.522 e. The number of hydrogen-bond acceptors (Lipinski definition) is 4. The minimum atomic E-state index is -0.381. The normalized spacial score (nSPS) is 15.2. The van der Waals surface area contributed by atoms with Gasteiger partial charge in [0.25, 0.3) is 0 Å². The first kappa shape index (κ1) is 24.0. The molecule has 0 atom stereocenters. The molecule has 1 aliphatic carbocycles. The predicted molar refractivity (Wildman–Crippen MR) is 148 cm³/mol. The van der Waals surface area contributed by atoms with Crippen molar-refractivity contribution in [2.24, 2.45) is 0 Å². The molecule has 182 valence electrons. The number of hydrogen-bond donors (Lipinski definition) is 1. The topological polar surface area (TPSA) is 39.7 Å². The van der Waals surface area contributed by atoms with Gasteiger partial charge in [0.2, 0.25) is 0 Å². The molecule has 4 nitrogen and oxygen atoms in total. The number of nitrogens with one attached hydrogen (secondary N) is 1. The van der Waals surface area contributed by atoms with Crippen molar-refractivity contribution < 1.29 is 14.0 Å². The van der Waals surface area contributed by atoms with E-state index in [1.807, 2.05) is 13.1 Å². The Morgan fingerprint density at radius 2 is 1.61 bits per heavy atom. The quantitative estimate of drug-likeness (QED) is 0.235. The molecule has 0 saturated carbocycles. The highest BCUT2D eigenvalue weighted by molar-refractivity contribution is 6.62.